The summed E-state index contributed by atoms with van der Waals surface area (Å²) in [4.78, 5) is 4.37. The largest absolute Gasteiger partial charge is 0.369 e. The highest BCUT2D eigenvalue weighted by molar-refractivity contribution is 7.89. The maximum atomic E-state index is 12.4. The van der Waals surface area contributed by atoms with Crippen LogP contribution in [0.5, 0.6) is 0 Å². The molecule has 1 aromatic heterocycles. The van der Waals surface area contributed by atoms with E-state index in [1.54, 1.807) is 18.3 Å². The van der Waals surface area contributed by atoms with Crippen LogP contribution < -0.4 is 10.0 Å². The fourth-order valence-corrected chi connectivity index (χ4v) is 3.75. The zero-order valence-electron chi connectivity index (χ0n) is 11.2. The molecule has 19 heavy (non-hydrogen) atoms. The Morgan fingerprint density at radius 1 is 1.37 bits per heavy atom. The number of rotatable bonds is 6. The minimum atomic E-state index is -3.48. The first-order valence-corrected chi connectivity index (χ1v) is 8.33. The average Bonchev–Trinajstić information content (AvgIpc) is 2.88. The van der Waals surface area contributed by atoms with E-state index in [2.05, 4.69) is 15.0 Å². The standard InChI is InChI=1S/C13H21N3O2S/c1-2-9-14-13-12(8-5-10-15-13)19(17,18)16-11-6-3-4-7-11/h5,8,10-11,16H,2-4,6-7,9H2,1H3,(H,14,15). The van der Waals surface area contributed by atoms with Crippen molar-refractivity contribution in [3.05, 3.63) is 18.3 Å². The van der Waals surface area contributed by atoms with Gasteiger partial charge in [-0.3, -0.25) is 0 Å². The van der Waals surface area contributed by atoms with E-state index < -0.39 is 10.0 Å². The van der Waals surface area contributed by atoms with E-state index in [0.29, 0.717) is 12.4 Å². The van der Waals surface area contributed by atoms with Crippen LogP contribution in [0.3, 0.4) is 0 Å². The van der Waals surface area contributed by atoms with Crippen LogP contribution in [0.25, 0.3) is 0 Å². The predicted molar refractivity (Wildman–Crippen MR) is 75.6 cm³/mol. The highest BCUT2D eigenvalue weighted by Gasteiger charge is 2.25. The minimum absolute atomic E-state index is 0.0734. The molecule has 0 atom stereocenters. The Labute approximate surface area is 114 Å². The Bertz CT molecular complexity index is 510. The normalized spacial score (nSPS) is 16.7. The third-order valence-corrected chi connectivity index (χ3v) is 4.83. The molecule has 1 saturated carbocycles. The second kappa shape index (κ2) is 6.34. The molecule has 0 bridgehead atoms. The van der Waals surface area contributed by atoms with Gasteiger partial charge >= 0.3 is 0 Å². The molecule has 2 N–H and O–H groups in total. The molecule has 0 aliphatic heterocycles. The molecule has 1 aromatic rings. The number of nitrogens with one attached hydrogen (secondary N) is 2. The molecule has 1 fully saturated rings. The highest BCUT2D eigenvalue weighted by Crippen LogP contribution is 2.23. The molecule has 0 radical (unpaired) electrons. The fraction of sp³-hybridized carbons (Fsp3) is 0.615. The van der Waals surface area contributed by atoms with Gasteiger partial charge in [-0.25, -0.2) is 18.1 Å². The first-order valence-electron chi connectivity index (χ1n) is 6.84. The van der Waals surface area contributed by atoms with Crippen LogP contribution in [-0.4, -0.2) is 26.0 Å². The second-order valence-electron chi connectivity index (χ2n) is 4.88. The summed E-state index contributed by atoms with van der Waals surface area (Å²) in [5, 5.41) is 3.06. The van der Waals surface area contributed by atoms with Gasteiger partial charge in [0, 0.05) is 18.8 Å². The van der Waals surface area contributed by atoms with Crippen molar-refractivity contribution < 1.29 is 8.42 Å². The molecule has 106 valence electrons. The molecule has 0 saturated heterocycles. The van der Waals surface area contributed by atoms with Gasteiger partial charge in [0.25, 0.3) is 0 Å². The van der Waals surface area contributed by atoms with E-state index in [9.17, 15) is 8.42 Å². The first-order chi connectivity index (χ1) is 9.13. The van der Waals surface area contributed by atoms with Crippen LogP contribution in [0.15, 0.2) is 23.2 Å². The molecular weight excluding hydrogens is 262 g/mol. The summed E-state index contributed by atoms with van der Waals surface area (Å²) in [5.41, 5.74) is 0. The van der Waals surface area contributed by atoms with Gasteiger partial charge in [-0.15, -0.1) is 0 Å². The van der Waals surface area contributed by atoms with Crippen molar-refractivity contribution in [1.29, 1.82) is 0 Å². The molecule has 0 unspecified atom stereocenters. The molecule has 6 heteroatoms. The fourth-order valence-electron chi connectivity index (χ4n) is 2.31. The summed E-state index contributed by atoms with van der Waals surface area (Å²) in [6.07, 6.45) is 6.58. The molecule has 5 nitrogen and oxygen atoms in total. The summed E-state index contributed by atoms with van der Waals surface area (Å²) >= 11 is 0. The summed E-state index contributed by atoms with van der Waals surface area (Å²) in [7, 11) is -3.48. The zero-order valence-corrected chi connectivity index (χ0v) is 12.0. The van der Waals surface area contributed by atoms with Crippen LogP contribution in [0.1, 0.15) is 39.0 Å². The van der Waals surface area contributed by atoms with Crippen molar-refractivity contribution in [3.63, 3.8) is 0 Å². The third kappa shape index (κ3) is 3.67. The van der Waals surface area contributed by atoms with Gasteiger partial charge in [-0.1, -0.05) is 19.8 Å². The Morgan fingerprint density at radius 3 is 2.79 bits per heavy atom. The maximum absolute atomic E-state index is 12.4. The Morgan fingerprint density at radius 2 is 2.11 bits per heavy atom. The smallest absolute Gasteiger partial charge is 0.244 e. The van der Waals surface area contributed by atoms with E-state index in [4.69, 9.17) is 0 Å². The van der Waals surface area contributed by atoms with Crippen molar-refractivity contribution in [2.45, 2.75) is 50.0 Å². The average molecular weight is 283 g/mol. The molecule has 0 aromatic carbocycles. The predicted octanol–water partition coefficient (Wildman–Crippen LogP) is 2.12. The monoisotopic (exact) mass is 283 g/mol. The lowest BCUT2D eigenvalue weighted by Crippen LogP contribution is -2.33. The van der Waals surface area contributed by atoms with Gasteiger partial charge in [0.15, 0.2) is 0 Å². The van der Waals surface area contributed by atoms with Crippen molar-refractivity contribution >= 4 is 15.8 Å². The van der Waals surface area contributed by atoms with Gasteiger partial charge in [0.1, 0.15) is 10.7 Å². The minimum Gasteiger partial charge on any atom is -0.369 e. The van der Waals surface area contributed by atoms with Crippen LogP contribution in [-0.2, 0) is 10.0 Å². The first kappa shape index (κ1) is 14.3. The van der Waals surface area contributed by atoms with E-state index in [1.165, 1.54) is 0 Å². The number of hydrogen-bond donors (Lipinski definition) is 2. The van der Waals surface area contributed by atoms with E-state index in [0.717, 1.165) is 32.1 Å². The highest BCUT2D eigenvalue weighted by atomic mass is 32.2. The van der Waals surface area contributed by atoms with Gasteiger partial charge in [0.05, 0.1) is 0 Å². The lowest BCUT2D eigenvalue weighted by atomic mass is 10.3. The number of anilines is 1. The molecule has 1 heterocycles. The van der Waals surface area contributed by atoms with Gasteiger partial charge in [-0.05, 0) is 31.4 Å². The van der Waals surface area contributed by atoms with E-state index >= 15 is 0 Å². The van der Waals surface area contributed by atoms with Gasteiger partial charge in [-0.2, -0.15) is 0 Å². The van der Waals surface area contributed by atoms with Crippen LogP contribution in [0, 0.1) is 0 Å². The van der Waals surface area contributed by atoms with E-state index in [1.807, 2.05) is 6.92 Å². The summed E-state index contributed by atoms with van der Waals surface area (Å²) in [6, 6.07) is 3.33. The number of nitrogens with zero attached hydrogens (tertiary/aromatic N) is 1. The number of sulfonamides is 1. The molecule has 1 aliphatic rings. The number of pyridine rings is 1. The van der Waals surface area contributed by atoms with E-state index in [-0.39, 0.29) is 10.9 Å². The third-order valence-electron chi connectivity index (χ3n) is 3.28. The van der Waals surface area contributed by atoms with Crippen molar-refractivity contribution in [1.82, 2.24) is 9.71 Å². The maximum Gasteiger partial charge on any atom is 0.244 e. The summed E-state index contributed by atoms with van der Waals surface area (Å²) in [6.45, 7) is 2.74. The SMILES string of the molecule is CCCNc1ncccc1S(=O)(=O)NC1CCCC1. The number of hydrogen-bond acceptors (Lipinski definition) is 4. The summed E-state index contributed by atoms with van der Waals surface area (Å²) < 4.78 is 27.5. The second-order valence-corrected chi connectivity index (χ2v) is 6.56. The topological polar surface area (TPSA) is 71.1 Å². The molecular formula is C13H21N3O2S. The molecule has 0 amide bonds. The zero-order chi connectivity index (χ0) is 13.7. The van der Waals surface area contributed by atoms with Crippen LogP contribution in [0.2, 0.25) is 0 Å². The quantitative estimate of drug-likeness (QED) is 0.839. The molecule has 1 aliphatic carbocycles. The van der Waals surface area contributed by atoms with Crippen LogP contribution in [0.4, 0.5) is 5.82 Å². The van der Waals surface area contributed by atoms with Crippen molar-refractivity contribution in [3.8, 4) is 0 Å². The number of aromatic nitrogens is 1. The Balaban J connectivity index is 2.18. The lowest BCUT2D eigenvalue weighted by molar-refractivity contribution is 0.552. The Kier molecular flexibility index (Phi) is 4.76. The van der Waals surface area contributed by atoms with Crippen molar-refractivity contribution in [2.75, 3.05) is 11.9 Å². The molecule has 2 rings (SSSR count). The molecule has 0 spiro atoms. The Hall–Kier alpha value is -1.14. The van der Waals surface area contributed by atoms with Crippen molar-refractivity contribution in [2.24, 2.45) is 0 Å². The lowest BCUT2D eigenvalue weighted by Gasteiger charge is -2.15. The summed E-state index contributed by atoms with van der Waals surface area (Å²) in [5.74, 6) is 0.440. The van der Waals surface area contributed by atoms with Crippen LogP contribution >= 0.6 is 0 Å². The van der Waals surface area contributed by atoms with Gasteiger partial charge in [0.2, 0.25) is 10.0 Å². The van der Waals surface area contributed by atoms with Gasteiger partial charge < -0.3 is 5.32 Å².